The summed E-state index contributed by atoms with van der Waals surface area (Å²) >= 11 is 0. The van der Waals surface area contributed by atoms with Crippen LogP contribution in [0.25, 0.3) is 0 Å². The van der Waals surface area contributed by atoms with Gasteiger partial charge in [-0.2, -0.15) is 0 Å². The third-order valence-electron chi connectivity index (χ3n) is 2.25. The van der Waals surface area contributed by atoms with Gasteiger partial charge >= 0.3 is 0 Å². The van der Waals surface area contributed by atoms with Crippen LogP contribution in [0.5, 0.6) is 0 Å². The molecule has 86 valence electrons. The predicted octanol–water partition coefficient (Wildman–Crippen LogP) is 3.12. The molecule has 0 amide bonds. The van der Waals surface area contributed by atoms with Crippen molar-refractivity contribution in [3.05, 3.63) is 17.5 Å². The smallest absolute Gasteiger partial charge is 0.133 e. The average molecular weight is 211 g/mol. The first-order valence-electron chi connectivity index (χ1n) is 5.83. The molecule has 0 saturated carbocycles. The Balaban J connectivity index is 1.93. The third kappa shape index (κ3) is 5.57. The molecule has 1 aromatic heterocycles. The fourth-order valence-corrected chi connectivity index (χ4v) is 1.47. The Morgan fingerprint density at radius 3 is 2.80 bits per heavy atom. The SMILES string of the molecule is CCCOCCCCCc1cc(C)on1. The molecule has 0 saturated heterocycles. The lowest BCUT2D eigenvalue weighted by atomic mass is 10.1. The minimum atomic E-state index is 0.891. The van der Waals surface area contributed by atoms with E-state index in [0.29, 0.717) is 0 Å². The molecular formula is C12H21NO2. The molecule has 0 spiro atoms. The zero-order chi connectivity index (χ0) is 10.9. The van der Waals surface area contributed by atoms with Crippen LogP contribution in [0.4, 0.5) is 0 Å². The van der Waals surface area contributed by atoms with Crippen molar-refractivity contribution in [2.75, 3.05) is 13.2 Å². The molecule has 0 unspecified atom stereocenters. The van der Waals surface area contributed by atoms with E-state index in [1.807, 2.05) is 13.0 Å². The summed E-state index contributed by atoms with van der Waals surface area (Å²) in [6.07, 6.45) is 5.65. The quantitative estimate of drug-likeness (QED) is 0.620. The number of aromatic nitrogens is 1. The molecule has 3 nitrogen and oxygen atoms in total. The fraction of sp³-hybridized carbons (Fsp3) is 0.750. The molecule has 0 radical (unpaired) electrons. The average Bonchev–Trinajstić information content (AvgIpc) is 2.63. The van der Waals surface area contributed by atoms with Crippen molar-refractivity contribution in [1.82, 2.24) is 5.16 Å². The van der Waals surface area contributed by atoms with Gasteiger partial charge in [0.15, 0.2) is 0 Å². The van der Waals surface area contributed by atoms with Gasteiger partial charge in [-0.05, 0) is 32.6 Å². The number of hydrogen-bond donors (Lipinski definition) is 0. The molecule has 1 heterocycles. The highest BCUT2D eigenvalue weighted by Crippen LogP contribution is 2.07. The summed E-state index contributed by atoms with van der Waals surface area (Å²) in [5.74, 6) is 0.899. The first-order valence-corrected chi connectivity index (χ1v) is 5.83. The molecule has 0 atom stereocenters. The van der Waals surface area contributed by atoms with Gasteiger partial charge in [0.1, 0.15) is 5.76 Å². The summed E-state index contributed by atoms with van der Waals surface area (Å²) in [4.78, 5) is 0. The van der Waals surface area contributed by atoms with Crippen LogP contribution in [-0.4, -0.2) is 18.4 Å². The van der Waals surface area contributed by atoms with E-state index in [1.54, 1.807) is 0 Å². The maximum absolute atomic E-state index is 5.41. The Kier molecular flexibility index (Phi) is 6.09. The van der Waals surface area contributed by atoms with Crippen molar-refractivity contribution in [2.24, 2.45) is 0 Å². The van der Waals surface area contributed by atoms with Crippen LogP contribution in [0, 0.1) is 6.92 Å². The second-order valence-electron chi connectivity index (χ2n) is 3.85. The highest BCUT2D eigenvalue weighted by Gasteiger charge is 1.99. The summed E-state index contributed by atoms with van der Waals surface area (Å²) in [6, 6.07) is 2.01. The summed E-state index contributed by atoms with van der Waals surface area (Å²) < 4.78 is 10.4. The van der Waals surface area contributed by atoms with E-state index in [1.165, 1.54) is 12.8 Å². The zero-order valence-electron chi connectivity index (χ0n) is 9.79. The van der Waals surface area contributed by atoms with Crippen molar-refractivity contribution in [1.29, 1.82) is 0 Å². The van der Waals surface area contributed by atoms with Gasteiger partial charge < -0.3 is 9.26 Å². The Labute approximate surface area is 91.8 Å². The van der Waals surface area contributed by atoms with E-state index >= 15 is 0 Å². The van der Waals surface area contributed by atoms with Crippen molar-refractivity contribution >= 4 is 0 Å². The number of rotatable bonds is 8. The van der Waals surface area contributed by atoms with Crippen LogP contribution in [0.3, 0.4) is 0 Å². The van der Waals surface area contributed by atoms with Gasteiger partial charge in [-0.1, -0.05) is 18.5 Å². The number of hydrogen-bond acceptors (Lipinski definition) is 3. The molecule has 0 fully saturated rings. The topological polar surface area (TPSA) is 35.3 Å². The van der Waals surface area contributed by atoms with Gasteiger partial charge in [0, 0.05) is 19.3 Å². The highest BCUT2D eigenvalue weighted by atomic mass is 16.5. The van der Waals surface area contributed by atoms with Crippen LogP contribution < -0.4 is 0 Å². The lowest BCUT2D eigenvalue weighted by molar-refractivity contribution is 0.130. The molecule has 3 heteroatoms. The van der Waals surface area contributed by atoms with Crippen LogP contribution in [-0.2, 0) is 11.2 Å². The fourth-order valence-electron chi connectivity index (χ4n) is 1.47. The van der Waals surface area contributed by atoms with Gasteiger partial charge in [-0.25, -0.2) is 0 Å². The summed E-state index contributed by atoms with van der Waals surface area (Å²) in [7, 11) is 0. The predicted molar refractivity (Wildman–Crippen MR) is 59.9 cm³/mol. The van der Waals surface area contributed by atoms with Gasteiger partial charge in [0.25, 0.3) is 0 Å². The molecule has 0 aliphatic carbocycles. The Morgan fingerprint density at radius 1 is 1.27 bits per heavy atom. The van der Waals surface area contributed by atoms with Crippen molar-refractivity contribution in [3.63, 3.8) is 0 Å². The minimum Gasteiger partial charge on any atom is -0.381 e. The van der Waals surface area contributed by atoms with E-state index in [-0.39, 0.29) is 0 Å². The Morgan fingerprint density at radius 2 is 2.13 bits per heavy atom. The van der Waals surface area contributed by atoms with E-state index in [4.69, 9.17) is 9.26 Å². The molecular weight excluding hydrogens is 190 g/mol. The first-order chi connectivity index (χ1) is 7.33. The standard InChI is InChI=1S/C12H21NO2/c1-3-8-14-9-6-4-5-7-12-10-11(2)15-13-12/h10H,3-9H2,1-2H3. The van der Waals surface area contributed by atoms with Gasteiger partial charge in [0.05, 0.1) is 5.69 Å². The monoisotopic (exact) mass is 211 g/mol. The van der Waals surface area contributed by atoms with Crippen LogP contribution in [0.15, 0.2) is 10.6 Å². The second kappa shape index (κ2) is 7.46. The van der Waals surface area contributed by atoms with E-state index < -0.39 is 0 Å². The maximum atomic E-state index is 5.41. The molecule has 0 aliphatic heterocycles. The first kappa shape index (κ1) is 12.2. The number of ether oxygens (including phenoxy) is 1. The second-order valence-corrected chi connectivity index (χ2v) is 3.85. The summed E-state index contributed by atoms with van der Waals surface area (Å²) in [6.45, 7) is 5.84. The van der Waals surface area contributed by atoms with Crippen LogP contribution in [0.1, 0.15) is 44.1 Å². The molecule has 0 bridgehead atoms. The van der Waals surface area contributed by atoms with Gasteiger partial charge in [-0.15, -0.1) is 0 Å². The number of unbranched alkanes of at least 4 members (excludes halogenated alkanes) is 2. The molecule has 1 aromatic rings. The summed E-state index contributed by atoms with van der Waals surface area (Å²) in [5.41, 5.74) is 1.07. The van der Waals surface area contributed by atoms with Gasteiger partial charge in [-0.3, -0.25) is 0 Å². The lowest BCUT2D eigenvalue weighted by Gasteiger charge is -2.01. The molecule has 0 aliphatic rings. The van der Waals surface area contributed by atoms with Crippen LogP contribution >= 0.6 is 0 Å². The molecule has 0 N–H and O–H groups in total. The minimum absolute atomic E-state index is 0.891. The number of nitrogens with zero attached hydrogens (tertiary/aromatic N) is 1. The van der Waals surface area contributed by atoms with Crippen LogP contribution in [0.2, 0.25) is 0 Å². The Hall–Kier alpha value is -0.830. The Bertz CT molecular complexity index is 258. The lowest BCUT2D eigenvalue weighted by Crippen LogP contribution is -1.96. The third-order valence-corrected chi connectivity index (χ3v) is 2.25. The van der Waals surface area contributed by atoms with E-state index in [0.717, 1.165) is 43.9 Å². The number of aryl methyl sites for hydroxylation is 2. The summed E-state index contributed by atoms with van der Waals surface area (Å²) in [5, 5.41) is 3.96. The molecule has 15 heavy (non-hydrogen) atoms. The van der Waals surface area contributed by atoms with E-state index in [9.17, 15) is 0 Å². The maximum Gasteiger partial charge on any atom is 0.133 e. The zero-order valence-corrected chi connectivity index (χ0v) is 9.79. The largest absolute Gasteiger partial charge is 0.381 e. The van der Waals surface area contributed by atoms with Crippen molar-refractivity contribution in [3.8, 4) is 0 Å². The van der Waals surface area contributed by atoms with Gasteiger partial charge in [0.2, 0.25) is 0 Å². The normalized spacial score (nSPS) is 10.8. The van der Waals surface area contributed by atoms with Crippen molar-refractivity contribution in [2.45, 2.75) is 46.0 Å². The molecule has 0 aromatic carbocycles. The van der Waals surface area contributed by atoms with E-state index in [2.05, 4.69) is 12.1 Å². The van der Waals surface area contributed by atoms with Crippen molar-refractivity contribution < 1.29 is 9.26 Å². The molecule has 1 rings (SSSR count). The highest BCUT2D eigenvalue weighted by molar-refractivity contribution is 5.03.